The van der Waals surface area contributed by atoms with Crippen molar-refractivity contribution in [2.45, 2.75) is 25.4 Å². The van der Waals surface area contributed by atoms with Gasteiger partial charge in [-0.3, -0.25) is 0 Å². The van der Waals surface area contributed by atoms with E-state index in [0.717, 1.165) is 6.42 Å². The number of aliphatic hydroxyl groups is 1. The molecule has 0 aromatic rings. The van der Waals surface area contributed by atoms with Gasteiger partial charge in [-0.25, -0.2) is 0 Å². The van der Waals surface area contributed by atoms with Crippen LogP contribution in [0.25, 0.3) is 0 Å². The average Bonchev–Trinajstić information content (AvgIpc) is 1.74. The highest BCUT2D eigenvalue weighted by atomic mass is 19.4. The first-order chi connectivity index (χ1) is 5.05. The van der Waals surface area contributed by atoms with E-state index in [1.807, 2.05) is 0 Å². The summed E-state index contributed by atoms with van der Waals surface area (Å²) in [5.41, 5.74) is 0. The Balaban J connectivity index is 2.48. The molecule has 11 heavy (non-hydrogen) atoms. The molecule has 1 unspecified atom stereocenters. The van der Waals surface area contributed by atoms with E-state index in [1.54, 1.807) is 0 Å². The summed E-state index contributed by atoms with van der Waals surface area (Å²) < 4.78 is 36.1. The molecule has 1 atom stereocenters. The predicted octanol–water partition coefficient (Wildman–Crippen LogP) is 1.96. The molecule has 0 amide bonds. The molecule has 1 rings (SSSR count). The first-order valence-electron chi connectivity index (χ1n) is 3.73. The lowest BCUT2D eigenvalue weighted by Crippen LogP contribution is -2.36. The van der Waals surface area contributed by atoms with Crippen molar-refractivity contribution in [1.29, 1.82) is 0 Å². The van der Waals surface area contributed by atoms with Gasteiger partial charge in [0.25, 0.3) is 0 Å². The normalized spacial score (nSPS) is 22.9. The van der Waals surface area contributed by atoms with Crippen molar-refractivity contribution in [2.24, 2.45) is 11.8 Å². The van der Waals surface area contributed by atoms with Crippen molar-refractivity contribution >= 4 is 0 Å². The Bertz CT molecular complexity index is 128. The fourth-order valence-electron chi connectivity index (χ4n) is 1.36. The monoisotopic (exact) mass is 168 g/mol. The van der Waals surface area contributed by atoms with E-state index in [1.165, 1.54) is 0 Å². The second kappa shape index (κ2) is 3.01. The number of alkyl halides is 3. The van der Waals surface area contributed by atoms with Gasteiger partial charge in [0.05, 0.1) is 12.5 Å². The van der Waals surface area contributed by atoms with Crippen molar-refractivity contribution in [3.05, 3.63) is 0 Å². The zero-order chi connectivity index (χ0) is 8.48. The van der Waals surface area contributed by atoms with E-state index in [-0.39, 0.29) is 5.92 Å². The molecule has 1 N–H and O–H groups in total. The zero-order valence-corrected chi connectivity index (χ0v) is 6.06. The van der Waals surface area contributed by atoms with Crippen molar-refractivity contribution in [2.75, 3.05) is 6.61 Å². The molecule has 1 fully saturated rings. The summed E-state index contributed by atoms with van der Waals surface area (Å²) in [5, 5.41) is 8.48. The van der Waals surface area contributed by atoms with Crippen molar-refractivity contribution < 1.29 is 18.3 Å². The van der Waals surface area contributed by atoms with E-state index in [2.05, 4.69) is 0 Å². The fraction of sp³-hybridized carbons (Fsp3) is 1.00. The molecule has 0 bridgehead atoms. The van der Waals surface area contributed by atoms with Crippen molar-refractivity contribution in [1.82, 2.24) is 0 Å². The summed E-state index contributed by atoms with van der Waals surface area (Å²) in [6, 6.07) is 0. The van der Waals surface area contributed by atoms with Gasteiger partial charge < -0.3 is 5.11 Å². The molecule has 0 aromatic carbocycles. The summed E-state index contributed by atoms with van der Waals surface area (Å²) >= 11 is 0. The molecule has 0 radical (unpaired) electrons. The summed E-state index contributed by atoms with van der Waals surface area (Å²) in [4.78, 5) is 0. The highest BCUT2D eigenvalue weighted by Gasteiger charge is 2.45. The Morgan fingerprint density at radius 1 is 1.36 bits per heavy atom. The van der Waals surface area contributed by atoms with Gasteiger partial charge in [0, 0.05) is 0 Å². The Labute approximate surface area is 63.2 Å². The smallest absolute Gasteiger partial charge is 0.394 e. The largest absolute Gasteiger partial charge is 0.396 e. The standard InChI is InChI=1S/C7H11F3O/c8-7(9,10)6(4-11)5-2-1-3-5/h5-6,11H,1-4H2. The summed E-state index contributed by atoms with van der Waals surface area (Å²) in [5.74, 6) is -1.80. The molecule has 1 nitrogen and oxygen atoms in total. The van der Waals surface area contributed by atoms with Gasteiger partial charge in [0.2, 0.25) is 0 Å². The third kappa shape index (κ3) is 1.86. The second-order valence-corrected chi connectivity index (χ2v) is 3.02. The summed E-state index contributed by atoms with van der Waals surface area (Å²) in [6.07, 6.45) is -2.10. The molecular formula is C7H11F3O. The highest BCUT2D eigenvalue weighted by molar-refractivity contribution is 4.81. The molecule has 0 heterocycles. The van der Waals surface area contributed by atoms with Gasteiger partial charge >= 0.3 is 6.18 Å². The van der Waals surface area contributed by atoms with Gasteiger partial charge in [-0.05, 0) is 18.8 Å². The minimum atomic E-state index is -4.21. The molecule has 1 aliphatic rings. The van der Waals surface area contributed by atoms with E-state index < -0.39 is 18.7 Å². The van der Waals surface area contributed by atoms with Crippen LogP contribution in [-0.2, 0) is 0 Å². The van der Waals surface area contributed by atoms with Crippen LogP contribution in [0.5, 0.6) is 0 Å². The highest BCUT2D eigenvalue weighted by Crippen LogP contribution is 2.41. The van der Waals surface area contributed by atoms with Gasteiger partial charge in [0.15, 0.2) is 0 Å². The van der Waals surface area contributed by atoms with Gasteiger partial charge in [-0.15, -0.1) is 0 Å². The molecule has 4 heteroatoms. The van der Waals surface area contributed by atoms with Crippen molar-refractivity contribution in [3.63, 3.8) is 0 Å². The lowest BCUT2D eigenvalue weighted by atomic mass is 9.76. The van der Waals surface area contributed by atoms with Crippen LogP contribution in [0.1, 0.15) is 19.3 Å². The van der Waals surface area contributed by atoms with Crippen LogP contribution < -0.4 is 0 Å². The lowest BCUT2D eigenvalue weighted by molar-refractivity contribution is -0.205. The molecular weight excluding hydrogens is 157 g/mol. The van der Waals surface area contributed by atoms with Crippen molar-refractivity contribution in [3.8, 4) is 0 Å². The summed E-state index contributed by atoms with van der Waals surface area (Å²) in [6.45, 7) is -0.756. The van der Waals surface area contributed by atoms with E-state index in [9.17, 15) is 13.2 Å². The van der Waals surface area contributed by atoms with Crippen LogP contribution in [0.4, 0.5) is 13.2 Å². The number of hydrogen-bond donors (Lipinski definition) is 1. The Morgan fingerprint density at radius 3 is 2.00 bits per heavy atom. The quantitative estimate of drug-likeness (QED) is 0.668. The number of halogens is 3. The first kappa shape index (κ1) is 8.84. The molecule has 1 aliphatic carbocycles. The maximum absolute atomic E-state index is 12.0. The molecule has 0 spiro atoms. The maximum atomic E-state index is 12.0. The lowest BCUT2D eigenvalue weighted by Gasteiger charge is -2.33. The maximum Gasteiger partial charge on any atom is 0.394 e. The van der Waals surface area contributed by atoms with E-state index >= 15 is 0 Å². The van der Waals surface area contributed by atoms with Crippen LogP contribution in [-0.4, -0.2) is 17.9 Å². The van der Waals surface area contributed by atoms with Crippen LogP contribution in [0.3, 0.4) is 0 Å². The minimum Gasteiger partial charge on any atom is -0.396 e. The van der Waals surface area contributed by atoms with E-state index in [0.29, 0.717) is 12.8 Å². The fourth-order valence-corrected chi connectivity index (χ4v) is 1.36. The molecule has 1 saturated carbocycles. The molecule has 0 aromatic heterocycles. The molecule has 66 valence electrons. The number of aliphatic hydroxyl groups excluding tert-OH is 1. The third-order valence-electron chi connectivity index (χ3n) is 2.34. The minimum absolute atomic E-state index is 0.319. The van der Waals surface area contributed by atoms with Crippen LogP contribution in [0.2, 0.25) is 0 Å². The molecule has 0 saturated heterocycles. The topological polar surface area (TPSA) is 20.2 Å². The second-order valence-electron chi connectivity index (χ2n) is 3.02. The average molecular weight is 168 g/mol. The Hall–Kier alpha value is -0.250. The predicted molar refractivity (Wildman–Crippen MR) is 34.0 cm³/mol. The SMILES string of the molecule is OCC(C1CCC1)C(F)(F)F. The Morgan fingerprint density at radius 2 is 1.91 bits per heavy atom. The molecule has 0 aliphatic heterocycles. The number of hydrogen-bond acceptors (Lipinski definition) is 1. The Kier molecular flexibility index (Phi) is 2.42. The zero-order valence-electron chi connectivity index (χ0n) is 6.06. The third-order valence-corrected chi connectivity index (χ3v) is 2.34. The van der Waals surface area contributed by atoms with Crippen LogP contribution in [0, 0.1) is 11.8 Å². The van der Waals surface area contributed by atoms with Gasteiger partial charge in [0.1, 0.15) is 0 Å². The summed E-state index contributed by atoms with van der Waals surface area (Å²) in [7, 11) is 0. The number of rotatable bonds is 2. The van der Waals surface area contributed by atoms with E-state index in [4.69, 9.17) is 5.11 Å². The van der Waals surface area contributed by atoms with Gasteiger partial charge in [-0.1, -0.05) is 6.42 Å². The first-order valence-corrected chi connectivity index (χ1v) is 3.73. The van der Waals surface area contributed by atoms with Gasteiger partial charge in [-0.2, -0.15) is 13.2 Å². The van der Waals surface area contributed by atoms with Crippen LogP contribution >= 0.6 is 0 Å². The van der Waals surface area contributed by atoms with Crippen LogP contribution in [0.15, 0.2) is 0 Å².